The Kier molecular flexibility index (Phi) is 6.09. The third-order valence-corrected chi connectivity index (χ3v) is 11.5. The van der Waals surface area contributed by atoms with E-state index in [0.29, 0.717) is 0 Å². The number of hydrogen-bond acceptors (Lipinski definition) is 2. The molecule has 2 nitrogen and oxygen atoms in total. The standard InChI is InChI=1S/C52H30O2/c1-3-13-36-32(10-1)12-9-19-38(36)49-41-17-7-5-15-39(41)48(40-16-6-8-18-42(40)49)34-22-20-31(21-23-34)35-25-28-46-45(30-35)43-27-29-47-50(52(43)53-46)44-26-24-33-11-2-4-14-37(33)51(44)54-47/h1-30H. The van der Waals surface area contributed by atoms with Crippen molar-refractivity contribution >= 4 is 87.0 Å². The van der Waals surface area contributed by atoms with Crippen LogP contribution in [0.25, 0.3) is 120 Å². The second kappa shape index (κ2) is 11.2. The summed E-state index contributed by atoms with van der Waals surface area (Å²) >= 11 is 0. The molecule has 54 heavy (non-hydrogen) atoms. The number of furan rings is 2. The van der Waals surface area contributed by atoms with Crippen LogP contribution in [0.1, 0.15) is 0 Å². The molecule has 0 aliphatic rings. The zero-order valence-electron chi connectivity index (χ0n) is 29.1. The van der Waals surface area contributed by atoms with Gasteiger partial charge in [-0.25, -0.2) is 0 Å². The van der Waals surface area contributed by atoms with Crippen LogP contribution >= 0.6 is 0 Å². The van der Waals surface area contributed by atoms with Gasteiger partial charge in [0.05, 0.1) is 5.39 Å². The summed E-state index contributed by atoms with van der Waals surface area (Å²) in [6, 6.07) is 65.7. The van der Waals surface area contributed by atoms with Crippen molar-refractivity contribution in [3.8, 4) is 33.4 Å². The fraction of sp³-hybridized carbons (Fsp3) is 0. The molecule has 10 aromatic carbocycles. The van der Waals surface area contributed by atoms with Gasteiger partial charge in [-0.1, -0.05) is 152 Å². The van der Waals surface area contributed by atoms with Crippen molar-refractivity contribution in [1.29, 1.82) is 0 Å². The van der Waals surface area contributed by atoms with Crippen LogP contribution in [0, 0.1) is 0 Å². The summed E-state index contributed by atoms with van der Waals surface area (Å²) in [5.74, 6) is 0. The maximum absolute atomic E-state index is 6.60. The fourth-order valence-corrected chi connectivity index (χ4v) is 9.00. The van der Waals surface area contributed by atoms with E-state index >= 15 is 0 Å². The summed E-state index contributed by atoms with van der Waals surface area (Å²) in [6.07, 6.45) is 0. The van der Waals surface area contributed by atoms with Gasteiger partial charge in [0.1, 0.15) is 22.3 Å². The number of hydrogen-bond donors (Lipinski definition) is 0. The topological polar surface area (TPSA) is 26.3 Å². The molecule has 0 radical (unpaired) electrons. The molecule has 2 aromatic heterocycles. The van der Waals surface area contributed by atoms with Gasteiger partial charge >= 0.3 is 0 Å². The van der Waals surface area contributed by atoms with E-state index in [2.05, 4.69) is 182 Å². The Morgan fingerprint density at radius 2 is 0.815 bits per heavy atom. The molecule has 12 aromatic rings. The van der Waals surface area contributed by atoms with Crippen LogP contribution in [0.2, 0.25) is 0 Å². The first-order chi connectivity index (χ1) is 26.8. The van der Waals surface area contributed by atoms with Crippen LogP contribution in [0.15, 0.2) is 191 Å². The molecular weight excluding hydrogens is 657 g/mol. The molecule has 0 amide bonds. The number of benzene rings is 10. The third-order valence-electron chi connectivity index (χ3n) is 11.5. The average molecular weight is 687 g/mol. The molecular formula is C52H30O2. The Bertz CT molecular complexity index is 3430. The van der Waals surface area contributed by atoms with Crippen LogP contribution in [0.4, 0.5) is 0 Å². The van der Waals surface area contributed by atoms with Gasteiger partial charge in [0.2, 0.25) is 0 Å². The minimum atomic E-state index is 0.842. The molecule has 0 unspecified atom stereocenters. The first-order valence-corrected chi connectivity index (χ1v) is 18.5. The smallest absolute Gasteiger partial charge is 0.147 e. The third kappa shape index (κ3) is 4.17. The highest BCUT2D eigenvalue weighted by Crippen LogP contribution is 2.46. The SMILES string of the molecule is c1ccc2c(-c3c4ccccc4c(-c4ccc(-c5ccc6oc7c(ccc8oc9c%10ccccc%10ccc9c87)c6c5)cc4)c4ccccc34)cccc2c1. The van der Waals surface area contributed by atoms with Crippen LogP contribution < -0.4 is 0 Å². The predicted molar refractivity (Wildman–Crippen MR) is 227 cm³/mol. The van der Waals surface area contributed by atoms with Crippen molar-refractivity contribution in [2.45, 2.75) is 0 Å². The lowest BCUT2D eigenvalue weighted by atomic mass is 9.84. The summed E-state index contributed by atoms with van der Waals surface area (Å²) in [5.41, 5.74) is 10.8. The van der Waals surface area contributed by atoms with Crippen molar-refractivity contribution in [3.63, 3.8) is 0 Å². The summed E-state index contributed by atoms with van der Waals surface area (Å²) < 4.78 is 13.0. The van der Waals surface area contributed by atoms with Gasteiger partial charge in [-0.15, -0.1) is 0 Å². The van der Waals surface area contributed by atoms with Gasteiger partial charge in [0.25, 0.3) is 0 Å². The van der Waals surface area contributed by atoms with Crippen LogP contribution in [-0.4, -0.2) is 0 Å². The molecule has 2 heterocycles. The van der Waals surface area contributed by atoms with E-state index in [9.17, 15) is 0 Å². The number of rotatable bonds is 3. The zero-order valence-corrected chi connectivity index (χ0v) is 29.1. The largest absolute Gasteiger partial charge is 0.455 e. The minimum Gasteiger partial charge on any atom is -0.455 e. The van der Waals surface area contributed by atoms with E-state index in [1.807, 2.05) is 0 Å². The van der Waals surface area contributed by atoms with E-state index in [1.165, 1.54) is 60.0 Å². The molecule has 0 N–H and O–H groups in total. The van der Waals surface area contributed by atoms with Crippen LogP contribution in [0.5, 0.6) is 0 Å². The lowest BCUT2D eigenvalue weighted by molar-refractivity contribution is 0.665. The second-order valence-electron chi connectivity index (χ2n) is 14.3. The van der Waals surface area contributed by atoms with Gasteiger partial charge < -0.3 is 8.83 Å². The Labute approximate surface area is 310 Å². The lowest BCUT2D eigenvalue weighted by Crippen LogP contribution is -1.91. The van der Waals surface area contributed by atoms with E-state index in [1.54, 1.807) is 0 Å². The highest BCUT2D eigenvalue weighted by Gasteiger charge is 2.20. The maximum atomic E-state index is 6.60. The van der Waals surface area contributed by atoms with Gasteiger partial charge in [0.15, 0.2) is 0 Å². The Hall–Kier alpha value is -7.16. The van der Waals surface area contributed by atoms with Crippen LogP contribution in [-0.2, 0) is 0 Å². The van der Waals surface area contributed by atoms with Crippen molar-refractivity contribution in [1.82, 2.24) is 0 Å². The highest BCUT2D eigenvalue weighted by atomic mass is 16.3. The summed E-state index contributed by atoms with van der Waals surface area (Å²) in [6.45, 7) is 0. The first-order valence-electron chi connectivity index (χ1n) is 18.5. The Morgan fingerprint density at radius 1 is 0.278 bits per heavy atom. The molecule has 12 rings (SSSR count). The number of fused-ring (bicyclic) bond motifs is 12. The first kappa shape index (κ1) is 29.4. The van der Waals surface area contributed by atoms with E-state index in [-0.39, 0.29) is 0 Å². The van der Waals surface area contributed by atoms with E-state index < -0.39 is 0 Å². The molecule has 250 valence electrons. The van der Waals surface area contributed by atoms with Gasteiger partial charge in [0, 0.05) is 21.5 Å². The normalized spacial score (nSPS) is 12.1. The minimum absolute atomic E-state index is 0.842. The van der Waals surface area contributed by atoms with Gasteiger partial charge in [-0.3, -0.25) is 0 Å². The Balaban J connectivity index is 1.00. The second-order valence-corrected chi connectivity index (χ2v) is 14.3. The van der Waals surface area contributed by atoms with Crippen molar-refractivity contribution in [2.24, 2.45) is 0 Å². The van der Waals surface area contributed by atoms with Crippen molar-refractivity contribution < 1.29 is 8.83 Å². The Morgan fingerprint density at radius 3 is 1.56 bits per heavy atom. The quantitative estimate of drug-likeness (QED) is 0.173. The van der Waals surface area contributed by atoms with E-state index in [0.717, 1.165) is 60.4 Å². The zero-order chi connectivity index (χ0) is 35.3. The molecule has 0 saturated carbocycles. The molecule has 0 bridgehead atoms. The van der Waals surface area contributed by atoms with Gasteiger partial charge in [-0.2, -0.15) is 0 Å². The lowest BCUT2D eigenvalue weighted by Gasteiger charge is -2.19. The molecule has 0 atom stereocenters. The average Bonchev–Trinajstić information content (AvgIpc) is 3.81. The van der Waals surface area contributed by atoms with Crippen molar-refractivity contribution in [3.05, 3.63) is 182 Å². The summed E-state index contributed by atoms with van der Waals surface area (Å²) in [4.78, 5) is 0. The molecule has 0 saturated heterocycles. The molecule has 0 aliphatic heterocycles. The van der Waals surface area contributed by atoms with E-state index in [4.69, 9.17) is 8.83 Å². The maximum Gasteiger partial charge on any atom is 0.147 e. The molecule has 0 aliphatic carbocycles. The fourth-order valence-electron chi connectivity index (χ4n) is 9.00. The summed E-state index contributed by atoms with van der Waals surface area (Å²) in [7, 11) is 0. The highest BCUT2D eigenvalue weighted by molar-refractivity contribution is 6.26. The molecule has 0 fully saturated rings. The summed E-state index contributed by atoms with van der Waals surface area (Å²) in [5, 5.41) is 14.1. The van der Waals surface area contributed by atoms with Crippen molar-refractivity contribution in [2.75, 3.05) is 0 Å². The predicted octanol–water partition coefficient (Wildman–Crippen LogP) is 15.1. The van der Waals surface area contributed by atoms with Crippen LogP contribution in [0.3, 0.4) is 0 Å². The molecule has 2 heteroatoms. The molecule has 0 spiro atoms. The monoisotopic (exact) mass is 686 g/mol. The van der Waals surface area contributed by atoms with Gasteiger partial charge in [-0.05, 0) is 101 Å².